The number of benzene rings is 1. The Balaban J connectivity index is 1.70. The van der Waals surface area contributed by atoms with Crippen LogP contribution in [0.1, 0.15) is 36.4 Å². The number of carbonyl (C=O) groups is 2. The molecule has 1 aromatic carbocycles. The minimum atomic E-state index is -1.25. The van der Waals surface area contributed by atoms with E-state index in [1.165, 1.54) is 19.9 Å². The first-order chi connectivity index (χ1) is 12.2. The molecule has 0 amide bonds. The Morgan fingerprint density at radius 2 is 1.69 bits per heavy atom. The quantitative estimate of drug-likeness (QED) is 0.472. The highest BCUT2D eigenvalue weighted by atomic mass is 16.7. The Hall–Kier alpha value is -3.09. The van der Waals surface area contributed by atoms with Crippen LogP contribution in [-0.4, -0.2) is 22.9 Å². The van der Waals surface area contributed by atoms with Gasteiger partial charge in [-0.2, -0.15) is 0 Å². The van der Waals surface area contributed by atoms with Crippen molar-refractivity contribution in [2.45, 2.75) is 40.1 Å². The van der Waals surface area contributed by atoms with Crippen molar-refractivity contribution in [3.05, 3.63) is 52.4 Å². The fourth-order valence-electron chi connectivity index (χ4n) is 2.47. The molecule has 136 valence electrons. The third kappa shape index (κ3) is 3.77. The summed E-state index contributed by atoms with van der Waals surface area (Å²) in [6.45, 7) is 7.04. The molecule has 7 heteroatoms. The molecule has 0 N–H and O–H groups in total. The number of hydrogen-bond acceptors (Lipinski definition) is 7. The van der Waals surface area contributed by atoms with Crippen LogP contribution in [0.4, 0.5) is 0 Å². The van der Waals surface area contributed by atoms with E-state index in [1.807, 2.05) is 13.8 Å². The summed E-state index contributed by atoms with van der Waals surface area (Å²) in [6, 6.07) is 6.95. The van der Waals surface area contributed by atoms with Gasteiger partial charge in [0.2, 0.25) is 0 Å². The second kappa shape index (κ2) is 6.67. The van der Waals surface area contributed by atoms with Gasteiger partial charge in [-0.1, -0.05) is 17.3 Å². The molecule has 0 radical (unpaired) electrons. The van der Waals surface area contributed by atoms with Crippen LogP contribution < -0.4 is 4.74 Å². The molecule has 1 aliphatic rings. The number of aromatic nitrogens is 1. The Morgan fingerprint density at radius 1 is 1.08 bits per heavy atom. The number of rotatable bonds is 4. The molecule has 26 heavy (non-hydrogen) atoms. The molecule has 2 aromatic rings. The Morgan fingerprint density at radius 3 is 2.23 bits per heavy atom. The fourth-order valence-corrected chi connectivity index (χ4v) is 2.47. The summed E-state index contributed by atoms with van der Waals surface area (Å²) in [4.78, 5) is 23.9. The second-order valence-corrected chi connectivity index (χ2v) is 6.40. The predicted octanol–water partition coefficient (Wildman–Crippen LogP) is 3.09. The molecule has 7 nitrogen and oxygen atoms in total. The third-order valence-electron chi connectivity index (χ3n) is 3.87. The van der Waals surface area contributed by atoms with Gasteiger partial charge in [-0.25, -0.2) is 9.59 Å². The number of ether oxygens (including phenoxy) is 3. The second-order valence-electron chi connectivity index (χ2n) is 6.40. The smallest absolute Gasteiger partial charge is 0.348 e. The van der Waals surface area contributed by atoms with Gasteiger partial charge in [0.05, 0.1) is 11.3 Å². The average molecular weight is 357 g/mol. The van der Waals surface area contributed by atoms with Gasteiger partial charge in [-0.15, -0.1) is 0 Å². The van der Waals surface area contributed by atoms with Crippen molar-refractivity contribution in [3.8, 4) is 5.75 Å². The zero-order valence-corrected chi connectivity index (χ0v) is 15.0. The standard InChI is InChI=1S/C19H19NO6/c1-11-16(12(2)26-20-11)10-23-14-7-5-13(6-8-14)9-15-17(21)24-19(3,4)25-18(15)22/h5-9H,10H2,1-4H3. The van der Waals surface area contributed by atoms with Crippen LogP contribution in [0.15, 0.2) is 34.4 Å². The summed E-state index contributed by atoms with van der Waals surface area (Å²) in [5.74, 6) is -1.29. The maximum absolute atomic E-state index is 12.0. The molecule has 0 unspecified atom stereocenters. The van der Waals surface area contributed by atoms with E-state index in [9.17, 15) is 9.59 Å². The highest BCUT2D eigenvalue weighted by molar-refractivity contribution is 6.18. The summed E-state index contributed by atoms with van der Waals surface area (Å²) < 4.78 is 20.9. The Bertz CT molecular complexity index is 834. The van der Waals surface area contributed by atoms with E-state index in [4.69, 9.17) is 18.7 Å². The van der Waals surface area contributed by atoms with E-state index in [-0.39, 0.29) is 5.57 Å². The van der Waals surface area contributed by atoms with E-state index in [0.717, 1.165) is 17.0 Å². The van der Waals surface area contributed by atoms with Gasteiger partial charge in [0.15, 0.2) is 0 Å². The van der Waals surface area contributed by atoms with Gasteiger partial charge in [-0.05, 0) is 37.6 Å². The number of aryl methyl sites for hydroxylation is 2. The van der Waals surface area contributed by atoms with Crippen molar-refractivity contribution in [1.82, 2.24) is 5.16 Å². The first kappa shape index (κ1) is 17.7. The molecule has 0 spiro atoms. The lowest BCUT2D eigenvalue weighted by Gasteiger charge is -2.29. The van der Waals surface area contributed by atoms with Crippen LogP contribution in [0.25, 0.3) is 6.08 Å². The maximum Gasteiger partial charge on any atom is 0.348 e. The SMILES string of the molecule is Cc1noc(C)c1COc1ccc(C=C2C(=O)OC(C)(C)OC2=O)cc1. The summed E-state index contributed by atoms with van der Waals surface area (Å²) in [7, 11) is 0. The molecule has 0 bridgehead atoms. The van der Waals surface area contributed by atoms with Crippen molar-refractivity contribution in [2.75, 3.05) is 0 Å². The van der Waals surface area contributed by atoms with Crippen LogP contribution >= 0.6 is 0 Å². The first-order valence-electron chi connectivity index (χ1n) is 8.08. The lowest BCUT2D eigenvalue weighted by Crippen LogP contribution is -2.41. The molecular formula is C19H19NO6. The average Bonchev–Trinajstić information content (AvgIpc) is 2.88. The summed E-state index contributed by atoms with van der Waals surface area (Å²) in [5, 5.41) is 3.88. The van der Waals surface area contributed by atoms with Gasteiger partial charge in [0.1, 0.15) is 23.7 Å². The van der Waals surface area contributed by atoms with Crippen LogP contribution in [0.2, 0.25) is 0 Å². The number of carbonyl (C=O) groups excluding carboxylic acids is 2. The molecule has 0 aliphatic carbocycles. The lowest BCUT2D eigenvalue weighted by atomic mass is 10.1. The molecular weight excluding hydrogens is 338 g/mol. The zero-order valence-electron chi connectivity index (χ0n) is 15.0. The Kier molecular flexibility index (Phi) is 4.54. The van der Waals surface area contributed by atoms with Crippen molar-refractivity contribution in [3.63, 3.8) is 0 Å². The lowest BCUT2D eigenvalue weighted by molar-refractivity contribution is -0.222. The fraction of sp³-hybridized carbons (Fsp3) is 0.316. The van der Waals surface area contributed by atoms with Gasteiger partial charge in [0, 0.05) is 13.8 Å². The monoisotopic (exact) mass is 357 g/mol. The molecule has 1 saturated heterocycles. The zero-order chi connectivity index (χ0) is 18.9. The maximum atomic E-state index is 12.0. The largest absolute Gasteiger partial charge is 0.489 e. The molecule has 1 aromatic heterocycles. The Labute approximate surface area is 150 Å². The van der Waals surface area contributed by atoms with Crippen LogP contribution in [0, 0.1) is 13.8 Å². The molecule has 0 saturated carbocycles. The van der Waals surface area contributed by atoms with E-state index in [1.54, 1.807) is 24.3 Å². The molecule has 2 heterocycles. The normalized spacial score (nSPS) is 16.1. The van der Waals surface area contributed by atoms with Crippen LogP contribution in [-0.2, 0) is 25.7 Å². The van der Waals surface area contributed by atoms with Gasteiger partial charge in [0.25, 0.3) is 5.79 Å². The minimum absolute atomic E-state index is 0.145. The third-order valence-corrected chi connectivity index (χ3v) is 3.87. The van der Waals surface area contributed by atoms with E-state index >= 15 is 0 Å². The van der Waals surface area contributed by atoms with Crippen LogP contribution in [0.3, 0.4) is 0 Å². The van der Waals surface area contributed by atoms with Gasteiger partial charge in [-0.3, -0.25) is 0 Å². The number of hydrogen-bond donors (Lipinski definition) is 0. The summed E-state index contributed by atoms with van der Waals surface area (Å²) in [6.07, 6.45) is 1.43. The highest BCUT2D eigenvalue weighted by Gasteiger charge is 2.38. The van der Waals surface area contributed by atoms with E-state index in [0.29, 0.717) is 17.9 Å². The molecule has 3 rings (SSSR count). The van der Waals surface area contributed by atoms with Crippen molar-refractivity contribution >= 4 is 18.0 Å². The van der Waals surface area contributed by atoms with Crippen molar-refractivity contribution < 1.29 is 28.3 Å². The summed E-state index contributed by atoms with van der Waals surface area (Å²) >= 11 is 0. The van der Waals surface area contributed by atoms with E-state index in [2.05, 4.69) is 5.16 Å². The number of esters is 2. The number of nitrogens with zero attached hydrogens (tertiary/aromatic N) is 1. The highest BCUT2D eigenvalue weighted by Crippen LogP contribution is 2.25. The topological polar surface area (TPSA) is 87.9 Å². The number of cyclic esters (lactones) is 2. The first-order valence-corrected chi connectivity index (χ1v) is 8.08. The van der Waals surface area contributed by atoms with Crippen LogP contribution in [0.5, 0.6) is 5.75 Å². The predicted molar refractivity (Wildman–Crippen MR) is 91.0 cm³/mol. The van der Waals surface area contributed by atoms with Gasteiger partial charge >= 0.3 is 11.9 Å². The molecule has 1 fully saturated rings. The molecule has 1 aliphatic heterocycles. The molecule has 0 atom stereocenters. The van der Waals surface area contributed by atoms with Crippen molar-refractivity contribution in [1.29, 1.82) is 0 Å². The van der Waals surface area contributed by atoms with Crippen molar-refractivity contribution in [2.24, 2.45) is 0 Å². The van der Waals surface area contributed by atoms with E-state index < -0.39 is 17.7 Å². The summed E-state index contributed by atoms with van der Waals surface area (Å²) in [5.41, 5.74) is 2.21. The van der Waals surface area contributed by atoms with Gasteiger partial charge < -0.3 is 18.7 Å². The minimum Gasteiger partial charge on any atom is -0.489 e.